The Labute approximate surface area is 186 Å². The molecule has 2 aliphatic carbocycles. The first-order chi connectivity index (χ1) is 14.9. The highest BCUT2D eigenvalue weighted by molar-refractivity contribution is 7.99. The second kappa shape index (κ2) is 8.06. The van der Waals surface area contributed by atoms with Crippen molar-refractivity contribution in [2.75, 3.05) is 5.75 Å². The summed E-state index contributed by atoms with van der Waals surface area (Å²) in [5, 5.41) is 0.589. The van der Waals surface area contributed by atoms with Crippen molar-refractivity contribution in [3.8, 4) is 10.7 Å². The lowest BCUT2D eigenvalue weighted by molar-refractivity contribution is -0.137. The van der Waals surface area contributed by atoms with Crippen LogP contribution >= 0.6 is 23.1 Å². The van der Waals surface area contributed by atoms with Gasteiger partial charge >= 0.3 is 6.18 Å². The number of aromatic nitrogens is 3. The lowest BCUT2D eigenvalue weighted by atomic mass is 9.90. The lowest BCUT2D eigenvalue weighted by Crippen LogP contribution is -2.04. The molecule has 0 N–H and O–H groups in total. The molecule has 0 amide bonds. The van der Waals surface area contributed by atoms with Gasteiger partial charge in [-0.15, -0.1) is 11.8 Å². The quantitative estimate of drug-likeness (QED) is 0.377. The number of alkyl halides is 3. The number of fused-ring (bicyclic) bond motifs is 1. The molecule has 3 heterocycles. The van der Waals surface area contributed by atoms with E-state index in [0.29, 0.717) is 21.4 Å². The third-order valence-corrected chi connectivity index (χ3v) is 7.52. The molecule has 0 spiro atoms. The molecule has 8 heteroatoms. The molecule has 1 unspecified atom stereocenters. The summed E-state index contributed by atoms with van der Waals surface area (Å²) in [4.78, 5) is 14.5. The van der Waals surface area contributed by atoms with Crippen LogP contribution in [0, 0.1) is 11.8 Å². The van der Waals surface area contributed by atoms with Crippen LogP contribution in [0.2, 0.25) is 0 Å². The first-order valence-electron chi connectivity index (χ1n) is 10.3. The minimum Gasteiger partial charge on any atom is -0.252 e. The van der Waals surface area contributed by atoms with Crippen molar-refractivity contribution in [1.29, 1.82) is 0 Å². The summed E-state index contributed by atoms with van der Waals surface area (Å²) in [6.07, 6.45) is 8.83. The summed E-state index contributed by atoms with van der Waals surface area (Å²) in [6.45, 7) is 2.07. The molecule has 3 nitrogen and oxygen atoms in total. The summed E-state index contributed by atoms with van der Waals surface area (Å²) in [6, 6.07) is 3.17. The fourth-order valence-electron chi connectivity index (χ4n) is 3.83. The van der Waals surface area contributed by atoms with Crippen LogP contribution in [0.15, 0.2) is 47.6 Å². The minimum atomic E-state index is -4.44. The van der Waals surface area contributed by atoms with Gasteiger partial charge in [-0.25, -0.2) is 9.97 Å². The highest BCUT2D eigenvalue weighted by Crippen LogP contribution is 2.42. The molecule has 1 fully saturated rings. The van der Waals surface area contributed by atoms with Crippen molar-refractivity contribution >= 4 is 39.0 Å². The Morgan fingerprint density at radius 2 is 2.00 bits per heavy atom. The number of halogens is 3. The Hall–Kier alpha value is -2.19. The van der Waals surface area contributed by atoms with Gasteiger partial charge in [0.1, 0.15) is 21.0 Å². The summed E-state index contributed by atoms with van der Waals surface area (Å²) >= 11 is 2.93. The van der Waals surface area contributed by atoms with E-state index in [9.17, 15) is 13.2 Å². The van der Waals surface area contributed by atoms with Crippen LogP contribution in [0.5, 0.6) is 0 Å². The van der Waals surface area contributed by atoms with Crippen LogP contribution < -0.4 is 0 Å². The highest BCUT2D eigenvalue weighted by atomic mass is 32.2. The van der Waals surface area contributed by atoms with Gasteiger partial charge in [-0.1, -0.05) is 36.5 Å². The Bertz CT molecular complexity index is 1190. The van der Waals surface area contributed by atoms with Gasteiger partial charge in [0.2, 0.25) is 0 Å². The second-order valence-corrected chi connectivity index (χ2v) is 10.1. The molecule has 0 radical (unpaired) electrons. The molecular weight excluding hydrogens is 439 g/mol. The van der Waals surface area contributed by atoms with E-state index in [-0.39, 0.29) is 5.52 Å². The number of hydrogen-bond acceptors (Lipinski definition) is 5. The van der Waals surface area contributed by atoms with Crippen LogP contribution in [0.3, 0.4) is 0 Å². The third-order valence-electron chi connectivity index (χ3n) is 5.62. The SMILES string of the molecule is CCSc1cc(C2=CCC(C3CC3)C=C2)cnc1-c1nc2cc(C(F)(F)F)cnc2s1. The van der Waals surface area contributed by atoms with E-state index in [0.717, 1.165) is 40.8 Å². The van der Waals surface area contributed by atoms with Crippen LogP contribution in [0.4, 0.5) is 13.2 Å². The predicted molar refractivity (Wildman–Crippen MR) is 120 cm³/mol. The first-order valence-corrected chi connectivity index (χ1v) is 12.1. The van der Waals surface area contributed by atoms with Gasteiger partial charge in [-0.2, -0.15) is 13.2 Å². The molecule has 0 aromatic carbocycles. The minimum absolute atomic E-state index is 0.247. The first kappa shape index (κ1) is 20.7. The van der Waals surface area contributed by atoms with Crippen LogP contribution in [0.25, 0.3) is 26.6 Å². The average molecular weight is 460 g/mol. The van der Waals surface area contributed by atoms with Crippen molar-refractivity contribution in [3.63, 3.8) is 0 Å². The topological polar surface area (TPSA) is 38.7 Å². The molecule has 3 aromatic heterocycles. The molecule has 31 heavy (non-hydrogen) atoms. The van der Waals surface area contributed by atoms with Gasteiger partial charge in [0.15, 0.2) is 0 Å². The summed E-state index contributed by atoms with van der Waals surface area (Å²) in [7, 11) is 0. The van der Waals surface area contributed by atoms with E-state index in [2.05, 4.69) is 46.2 Å². The van der Waals surface area contributed by atoms with E-state index in [1.54, 1.807) is 11.8 Å². The Morgan fingerprint density at radius 1 is 1.16 bits per heavy atom. The molecule has 5 rings (SSSR count). The molecule has 1 saturated carbocycles. The molecule has 0 bridgehead atoms. The Morgan fingerprint density at radius 3 is 2.68 bits per heavy atom. The van der Waals surface area contributed by atoms with Crippen molar-refractivity contribution < 1.29 is 13.2 Å². The number of allylic oxidation sites excluding steroid dienone is 4. The van der Waals surface area contributed by atoms with Crippen molar-refractivity contribution in [2.45, 2.75) is 37.3 Å². The monoisotopic (exact) mass is 459 g/mol. The number of hydrogen-bond donors (Lipinski definition) is 0. The molecule has 0 aliphatic heterocycles. The van der Waals surface area contributed by atoms with Gasteiger partial charge < -0.3 is 0 Å². The molecule has 2 aliphatic rings. The maximum absolute atomic E-state index is 13.0. The van der Waals surface area contributed by atoms with Gasteiger partial charge in [-0.05, 0) is 54.6 Å². The molecule has 0 saturated heterocycles. The number of thiazole rings is 1. The van der Waals surface area contributed by atoms with Crippen LogP contribution in [-0.2, 0) is 6.18 Å². The highest BCUT2D eigenvalue weighted by Gasteiger charge is 2.32. The fourth-order valence-corrected chi connectivity index (χ4v) is 5.61. The Balaban J connectivity index is 1.48. The maximum atomic E-state index is 13.0. The van der Waals surface area contributed by atoms with Crippen LogP contribution in [0.1, 0.15) is 37.3 Å². The van der Waals surface area contributed by atoms with E-state index in [1.807, 2.05) is 6.20 Å². The number of nitrogens with zero attached hydrogens (tertiary/aromatic N) is 3. The standard InChI is InChI=1S/C23H20F3N3S2/c1-2-30-19-9-16(15-7-5-14(6-8-15)13-3-4-13)11-27-20(19)22-29-18-10-17(23(24,25)26)12-28-21(18)31-22/h5,7-14H,2-4,6H2,1H3. The zero-order chi connectivity index (χ0) is 21.6. The summed E-state index contributed by atoms with van der Waals surface area (Å²) < 4.78 is 39.0. The average Bonchev–Trinajstić information content (AvgIpc) is 3.52. The van der Waals surface area contributed by atoms with E-state index in [4.69, 9.17) is 0 Å². The zero-order valence-electron chi connectivity index (χ0n) is 16.8. The number of rotatable bonds is 5. The smallest absolute Gasteiger partial charge is 0.252 e. The summed E-state index contributed by atoms with van der Waals surface area (Å²) in [5.74, 6) is 2.38. The Kier molecular flexibility index (Phi) is 5.38. The molecular formula is C23H20F3N3S2. The fraction of sp³-hybridized carbons (Fsp3) is 0.348. The van der Waals surface area contributed by atoms with Gasteiger partial charge in [0, 0.05) is 22.9 Å². The summed E-state index contributed by atoms with van der Waals surface area (Å²) in [5.41, 5.74) is 2.39. The number of thioether (sulfide) groups is 1. The van der Waals surface area contributed by atoms with E-state index < -0.39 is 11.7 Å². The van der Waals surface area contributed by atoms with Crippen molar-refractivity contribution in [1.82, 2.24) is 15.0 Å². The molecule has 1 atom stereocenters. The van der Waals surface area contributed by atoms with Gasteiger partial charge in [-0.3, -0.25) is 4.98 Å². The lowest BCUT2D eigenvalue weighted by Gasteiger charge is -2.16. The zero-order valence-corrected chi connectivity index (χ0v) is 18.4. The molecule has 3 aromatic rings. The normalized spacial score (nSPS) is 19.1. The van der Waals surface area contributed by atoms with E-state index >= 15 is 0 Å². The van der Waals surface area contributed by atoms with Crippen molar-refractivity contribution in [3.05, 3.63) is 53.9 Å². The van der Waals surface area contributed by atoms with Gasteiger partial charge in [0.25, 0.3) is 0 Å². The third kappa shape index (κ3) is 4.28. The predicted octanol–water partition coefficient (Wildman–Crippen LogP) is 7.25. The van der Waals surface area contributed by atoms with Gasteiger partial charge in [0.05, 0.1) is 5.56 Å². The largest absolute Gasteiger partial charge is 0.417 e. The van der Waals surface area contributed by atoms with Crippen molar-refractivity contribution in [2.24, 2.45) is 11.8 Å². The number of pyridine rings is 2. The maximum Gasteiger partial charge on any atom is 0.417 e. The van der Waals surface area contributed by atoms with E-state index in [1.165, 1.54) is 29.8 Å². The van der Waals surface area contributed by atoms with Crippen LogP contribution in [-0.4, -0.2) is 20.7 Å². The molecule has 160 valence electrons. The second-order valence-electron chi connectivity index (χ2n) is 7.82.